The summed E-state index contributed by atoms with van der Waals surface area (Å²) in [6.45, 7) is 0. The largest absolute Gasteiger partial charge is 0.268 e. The Bertz CT molecular complexity index is 79.1. The summed E-state index contributed by atoms with van der Waals surface area (Å²) in [6, 6.07) is 0. The lowest BCUT2D eigenvalue weighted by molar-refractivity contribution is 0.305. The van der Waals surface area contributed by atoms with Gasteiger partial charge in [-0.3, -0.25) is 5.84 Å². The van der Waals surface area contributed by atoms with Crippen molar-refractivity contribution in [3.63, 3.8) is 0 Å². The van der Waals surface area contributed by atoms with E-state index in [2.05, 4.69) is 0 Å². The van der Waals surface area contributed by atoms with E-state index in [4.69, 9.17) is 5.84 Å². The summed E-state index contributed by atoms with van der Waals surface area (Å²) in [5, 5.41) is 2.41. The molecule has 0 aromatic carbocycles. The van der Waals surface area contributed by atoms with Crippen LogP contribution in [0.5, 0.6) is 0 Å². The zero-order chi connectivity index (χ0) is 6.69. The Labute approximate surface area is 60.8 Å². The van der Waals surface area contributed by atoms with E-state index in [1.165, 1.54) is 25.0 Å². The molecule has 0 bridgehead atoms. The van der Waals surface area contributed by atoms with Crippen LogP contribution in [-0.4, -0.2) is 23.2 Å². The Kier molecular flexibility index (Phi) is 2.82. The molecule has 0 spiro atoms. The minimum atomic E-state index is 0.582. The molecule has 2 N–H and O–H groups in total. The number of nitrogens with zero attached hydrogens (tertiary/aromatic N) is 1. The maximum Gasteiger partial charge on any atom is 0.0690 e. The predicted molar refractivity (Wildman–Crippen MR) is 42.0 cm³/mol. The summed E-state index contributed by atoms with van der Waals surface area (Å²) in [4.78, 5) is 0. The minimum absolute atomic E-state index is 0.582. The van der Waals surface area contributed by atoms with Crippen molar-refractivity contribution in [1.29, 1.82) is 0 Å². The number of hydrazine groups is 1. The average Bonchev–Trinajstić information content (AvgIpc) is 1.90. The van der Waals surface area contributed by atoms with Crippen LogP contribution in [0.25, 0.3) is 0 Å². The maximum absolute atomic E-state index is 5.58. The second-order valence-electron chi connectivity index (χ2n) is 2.49. The molecule has 1 saturated heterocycles. The van der Waals surface area contributed by atoms with Crippen molar-refractivity contribution in [2.45, 2.75) is 24.6 Å². The van der Waals surface area contributed by atoms with Gasteiger partial charge < -0.3 is 0 Å². The molecule has 1 atom stereocenters. The summed E-state index contributed by atoms with van der Waals surface area (Å²) in [5.41, 5.74) is 0. The number of hydrogen-bond acceptors (Lipinski definition) is 3. The highest BCUT2D eigenvalue weighted by Crippen LogP contribution is 2.25. The molecule has 9 heavy (non-hydrogen) atoms. The van der Waals surface area contributed by atoms with Crippen LogP contribution >= 0.6 is 11.8 Å². The van der Waals surface area contributed by atoms with Crippen molar-refractivity contribution in [3.8, 4) is 0 Å². The van der Waals surface area contributed by atoms with Gasteiger partial charge in [-0.25, -0.2) is 5.01 Å². The van der Waals surface area contributed by atoms with E-state index < -0.39 is 0 Å². The lowest BCUT2D eigenvalue weighted by atomic mass is 10.2. The number of rotatable bonds is 1. The summed E-state index contributed by atoms with van der Waals surface area (Å²) in [5.74, 6) is 6.86. The molecule has 1 rings (SSSR count). The van der Waals surface area contributed by atoms with Crippen LogP contribution in [0.3, 0.4) is 0 Å². The van der Waals surface area contributed by atoms with Gasteiger partial charge >= 0.3 is 0 Å². The summed E-state index contributed by atoms with van der Waals surface area (Å²) < 4.78 is 0. The third kappa shape index (κ3) is 2.16. The first-order valence-corrected chi connectivity index (χ1v) is 4.44. The number of thioether (sulfide) groups is 1. The summed E-state index contributed by atoms with van der Waals surface area (Å²) >= 11 is 1.97. The van der Waals surface area contributed by atoms with E-state index in [9.17, 15) is 0 Å². The van der Waals surface area contributed by atoms with Gasteiger partial charge in [-0.2, -0.15) is 0 Å². The highest BCUT2D eigenvalue weighted by Gasteiger charge is 2.15. The van der Waals surface area contributed by atoms with Gasteiger partial charge in [0.2, 0.25) is 0 Å². The highest BCUT2D eigenvalue weighted by atomic mass is 32.2. The molecule has 3 heteroatoms. The molecule has 1 fully saturated rings. The van der Waals surface area contributed by atoms with Gasteiger partial charge in [0.25, 0.3) is 0 Å². The van der Waals surface area contributed by atoms with Crippen molar-refractivity contribution in [1.82, 2.24) is 5.01 Å². The van der Waals surface area contributed by atoms with Gasteiger partial charge in [-0.15, -0.1) is 11.8 Å². The zero-order valence-corrected chi connectivity index (χ0v) is 6.66. The lowest BCUT2D eigenvalue weighted by Gasteiger charge is -2.26. The molecule has 1 heterocycles. The van der Waals surface area contributed by atoms with Crippen LogP contribution in [-0.2, 0) is 0 Å². The topological polar surface area (TPSA) is 29.3 Å². The van der Waals surface area contributed by atoms with E-state index in [0.717, 1.165) is 0 Å². The Morgan fingerprint density at radius 2 is 2.33 bits per heavy atom. The number of nitrogens with two attached hydrogens (primary N) is 1. The Morgan fingerprint density at radius 3 is 2.67 bits per heavy atom. The van der Waals surface area contributed by atoms with Crippen LogP contribution in [0.2, 0.25) is 0 Å². The molecule has 0 aromatic rings. The van der Waals surface area contributed by atoms with E-state index in [-0.39, 0.29) is 0 Å². The van der Waals surface area contributed by atoms with Crippen LogP contribution in [0.15, 0.2) is 0 Å². The quantitative estimate of drug-likeness (QED) is 0.442. The van der Waals surface area contributed by atoms with E-state index in [0.29, 0.717) is 5.37 Å². The molecular formula is C6H14N2S. The van der Waals surface area contributed by atoms with Gasteiger partial charge in [0.05, 0.1) is 5.37 Å². The molecular weight excluding hydrogens is 132 g/mol. The van der Waals surface area contributed by atoms with E-state index in [1.54, 1.807) is 0 Å². The molecule has 0 aromatic heterocycles. The maximum atomic E-state index is 5.58. The standard InChI is InChI=1S/C6H14N2S/c1-8(7)6-4-2-3-5-9-6/h6H,2-5,7H2,1H3. The molecule has 1 aliphatic rings. The highest BCUT2D eigenvalue weighted by molar-refractivity contribution is 7.99. The molecule has 0 saturated carbocycles. The van der Waals surface area contributed by atoms with Crippen LogP contribution in [0.4, 0.5) is 0 Å². The number of hydrogen-bond donors (Lipinski definition) is 1. The summed E-state index contributed by atoms with van der Waals surface area (Å²) in [7, 11) is 1.95. The molecule has 0 aliphatic carbocycles. The third-order valence-electron chi connectivity index (χ3n) is 1.61. The van der Waals surface area contributed by atoms with Crippen LogP contribution in [0, 0.1) is 0 Å². The fraction of sp³-hybridized carbons (Fsp3) is 1.00. The van der Waals surface area contributed by atoms with Crippen molar-refractivity contribution < 1.29 is 0 Å². The smallest absolute Gasteiger partial charge is 0.0690 e. The van der Waals surface area contributed by atoms with Crippen molar-refractivity contribution >= 4 is 11.8 Å². The second-order valence-corrected chi connectivity index (χ2v) is 3.77. The van der Waals surface area contributed by atoms with Gasteiger partial charge in [-0.1, -0.05) is 6.42 Å². The van der Waals surface area contributed by atoms with E-state index in [1.807, 2.05) is 23.8 Å². The van der Waals surface area contributed by atoms with Crippen molar-refractivity contribution in [3.05, 3.63) is 0 Å². The fourth-order valence-electron chi connectivity index (χ4n) is 1.04. The van der Waals surface area contributed by atoms with Gasteiger partial charge in [0, 0.05) is 7.05 Å². The lowest BCUT2D eigenvalue weighted by Crippen LogP contribution is -2.36. The molecule has 2 nitrogen and oxygen atoms in total. The van der Waals surface area contributed by atoms with E-state index >= 15 is 0 Å². The molecule has 54 valence electrons. The predicted octanol–water partition coefficient (Wildman–Crippen LogP) is 1.04. The molecule has 0 amide bonds. The monoisotopic (exact) mass is 146 g/mol. The second kappa shape index (κ2) is 3.44. The first-order valence-electron chi connectivity index (χ1n) is 3.40. The van der Waals surface area contributed by atoms with Crippen LogP contribution < -0.4 is 5.84 Å². The summed E-state index contributed by atoms with van der Waals surface area (Å²) in [6.07, 6.45) is 3.98. The molecule has 1 unspecified atom stereocenters. The van der Waals surface area contributed by atoms with Crippen molar-refractivity contribution in [2.75, 3.05) is 12.8 Å². The zero-order valence-electron chi connectivity index (χ0n) is 5.84. The van der Waals surface area contributed by atoms with Gasteiger partial charge in [0.15, 0.2) is 0 Å². The Hall–Kier alpha value is 0.270. The van der Waals surface area contributed by atoms with Crippen molar-refractivity contribution in [2.24, 2.45) is 5.84 Å². The molecule has 1 aliphatic heterocycles. The van der Waals surface area contributed by atoms with Gasteiger partial charge in [-0.05, 0) is 18.6 Å². The normalized spacial score (nSPS) is 29.0. The third-order valence-corrected chi connectivity index (χ3v) is 3.09. The average molecular weight is 146 g/mol. The van der Waals surface area contributed by atoms with Gasteiger partial charge in [0.1, 0.15) is 0 Å². The SMILES string of the molecule is CN(N)C1CCCCS1. The minimum Gasteiger partial charge on any atom is -0.268 e. The first-order chi connectivity index (χ1) is 4.30. The Balaban J connectivity index is 2.23. The molecule has 0 radical (unpaired) electrons. The first kappa shape index (κ1) is 7.38. The Morgan fingerprint density at radius 1 is 1.56 bits per heavy atom. The van der Waals surface area contributed by atoms with Crippen LogP contribution in [0.1, 0.15) is 19.3 Å². The fourth-order valence-corrected chi connectivity index (χ4v) is 2.26.